The number of benzene rings is 1. The van der Waals surface area contributed by atoms with Crippen LogP contribution in [0.15, 0.2) is 18.2 Å². The molecule has 6 nitrogen and oxygen atoms in total. The highest BCUT2D eigenvalue weighted by Gasteiger charge is 2.25. The number of nitro groups is 1. The standard InChI is InChI=1S/C12H15NO5/c1-8(2)6-7-18-10-5-3-4-9(12(14)15)11(10)13(16)17/h3-5,8H,6-7H2,1-2H3,(H,14,15). The summed E-state index contributed by atoms with van der Waals surface area (Å²) in [5.41, 5.74) is -0.851. The minimum Gasteiger partial charge on any atom is -0.487 e. The maximum atomic E-state index is 10.9. The van der Waals surface area contributed by atoms with E-state index >= 15 is 0 Å². The number of ether oxygens (including phenoxy) is 1. The van der Waals surface area contributed by atoms with Crippen LogP contribution < -0.4 is 4.74 Å². The molecule has 0 radical (unpaired) electrons. The third kappa shape index (κ3) is 3.44. The fourth-order valence-corrected chi connectivity index (χ4v) is 1.40. The van der Waals surface area contributed by atoms with Crippen molar-refractivity contribution in [2.75, 3.05) is 6.61 Å². The molecule has 98 valence electrons. The molecule has 0 aromatic heterocycles. The van der Waals surface area contributed by atoms with Gasteiger partial charge in [0.05, 0.1) is 11.5 Å². The first-order valence-electron chi connectivity index (χ1n) is 5.57. The Kier molecular flexibility index (Phi) is 4.65. The third-order valence-corrected chi connectivity index (χ3v) is 2.36. The fourth-order valence-electron chi connectivity index (χ4n) is 1.40. The fraction of sp³-hybridized carbons (Fsp3) is 0.417. The van der Waals surface area contributed by atoms with Crippen molar-refractivity contribution in [2.45, 2.75) is 20.3 Å². The van der Waals surface area contributed by atoms with Crippen LogP contribution in [0.3, 0.4) is 0 Å². The quantitative estimate of drug-likeness (QED) is 0.621. The SMILES string of the molecule is CC(C)CCOc1cccc(C(=O)O)c1[N+](=O)[O-]. The van der Waals surface area contributed by atoms with E-state index < -0.39 is 16.6 Å². The summed E-state index contributed by atoms with van der Waals surface area (Å²) in [5, 5.41) is 19.8. The van der Waals surface area contributed by atoms with Gasteiger partial charge in [0.15, 0.2) is 5.75 Å². The van der Waals surface area contributed by atoms with E-state index in [1.807, 2.05) is 13.8 Å². The van der Waals surface area contributed by atoms with Crippen molar-refractivity contribution >= 4 is 11.7 Å². The molecule has 0 aliphatic heterocycles. The average Bonchev–Trinajstić information content (AvgIpc) is 2.27. The van der Waals surface area contributed by atoms with Gasteiger partial charge in [-0.15, -0.1) is 0 Å². The molecular formula is C12H15NO5. The Morgan fingerprint density at radius 1 is 1.50 bits per heavy atom. The van der Waals surface area contributed by atoms with E-state index in [9.17, 15) is 14.9 Å². The monoisotopic (exact) mass is 253 g/mol. The molecule has 1 N–H and O–H groups in total. The maximum absolute atomic E-state index is 10.9. The zero-order chi connectivity index (χ0) is 13.7. The summed E-state index contributed by atoms with van der Waals surface area (Å²) in [6, 6.07) is 4.03. The number of hydrogen-bond acceptors (Lipinski definition) is 4. The van der Waals surface area contributed by atoms with Gasteiger partial charge < -0.3 is 9.84 Å². The summed E-state index contributed by atoms with van der Waals surface area (Å²) in [4.78, 5) is 21.1. The van der Waals surface area contributed by atoms with E-state index in [0.717, 1.165) is 6.42 Å². The lowest BCUT2D eigenvalue weighted by atomic mass is 10.1. The summed E-state index contributed by atoms with van der Waals surface area (Å²) in [6.45, 7) is 4.33. The first kappa shape index (κ1) is 14.0. The normalized spacial score (nSPS) is 10.4. The van der Waals surface area contributed by atoms with E-state index in [0.29, 0.717) is 12.5 Å². The lowest BCUT2D eigenvalue weighted by Crippen LogP contribution is -2.07. The number of rotatable bonds is 6. The molecule has 0 amide bonds. The number of aromatic carboxylic acids is 1. The van der Waals surface area contributed by atoms with Crippen LogP contribution in [0.4, 0.5) is 5.69 Å². The first-order valence-corrected chi connectivity index (χ1v) is 5.57. The van der Waals surface area contributed by atoms with Crippen molar-refractivity contribution in [1.29, 1.82) is 0 Å². The molecule has 0 aliphatic carbocycles. The third-order valence-electron chi connectivity index (χ3n) is 2.36. The molecule has 1 aromatic carbocycles. The van der Waals surface area contributed by atoms with Gasteiger partial charge in [-0.2, -0.15) is 0 Å². The topological polar surface area (TPSA) is 89.7 Å². The highest BCUT2D eigenvalue weighted by atomic mass is 16.6. The Hall–Kier alpha value is -2.11. The van der Waals surface area contributed by atoms with Gasteiger partial charge >= 0.3 is 11.7 Å². The van der Waals surface area contributed by atoms with Crippen molar-refractivity contribution in [3.63, 3.8) is 0 Å². The predicted octanol–water partition coefficient (Wildman–Crippen LogP) is 2.72. The summed E-state index contributed by atoms with van der Waals surface area (Å²) < 4.78 is 5.30. The lowest BCUT2D eigenvalue weighted by molar-refractivity contribution is -0.386. The van der Waals surface area contributed by atoms with E-state index in [4.69, 9.17) is 9.84 Å². The summed E-state index contributed by atoms with van der Waals surface area (Å²) >= 11 is 0. The van der Waals surface area contributed by atoms with Crippen LogP contribution in [-0.4, -0.2) is 22.6 Å². The van der Waals surface area contributed by atoms with Crippen LogP contribution in [-0.2, 0) is 0 Å². The Morgan fingerprint density at radius 3 is 2.67 bits per heavy atom. The molecule has 18 heavy (non-hydrogen) atoms. The smallest absolute Gasteiger partial charge is 0.342 e. The Bertz CT molecular complexity index is 456. The van der Waals surface area contributed by atoms with Gasteiger partial charge in [0.25, 0.3) is 0 Å². The number of nitrogens with zero attached hydrogens (tertiary/aromatic N) is 1. The Morgan fingerprint density at radius 2 is 2.17 bits per heavy atom. The van der Waals surface area contributed by atoms with E-state index in [-0.39, 0.29) is 11.3 Å². The minimum atomic E-state index is -1.34. The Labute approximate surface area is 104 Å². The molecule has 0 unspecified atom stereocenters. The average molecular weight is 253 g/mol. The van der Waals surface area contributed by atoms with Gasteiger partial charge in [0.1, 0.15) is 5.56 Å². The summed E-state index contributed by atoms with van der Waals surface area (Å²) in [6.07, 6.45) is 0.744. The van der Waals surface area contributed by atoms with Crippen LogP contribution in [0.5, 0.6) is 5.75 Å². The van der Waals surface area contributed by atoms with Crippen LogP contribution >= 0.6 is 0 Å². The molecule has 0 saturated carbocycles. The lowest BCUT2D eigenvalue weighted by Gasteiger charge is -2.09. The van der Waals surface area contributed by atoms with Gasteiger partial charge in [0, 0.05) is 0 Å². The number of nitro benzene ring substituents is 1. The van der Waals surface area contributed by atoms with E-state index in [1.165, 1.54) is 18.2 Å². The molecule has 0 bridgehead atoms. The number of carbonyl (C=O) groups is 1. The molecule has 0 atom stereocenters. The van der Waals surface area contributed by atoms with Crippen molar-refractivity contribution in [3.8, 4) is 5.75 Å². The maximum Gasteiger partial charge on any atom is 0.342 e. The van der Waals surface area contributed by atoms with Gasteiger partial charge in [-0.1, -0.05) is 19.9 Å². The molecular weight excluding hydrogens is 238 g/mol. The zero-order valence-electron chi connectivity index (χ0n) is 10.3. The van der Waals surface area contributed by atoms with Gasteiger partial charge in [-0.05, 0) is 24.5 Å². The molecule has 0 aliphatic rings. The molecule has 0 heterocycles. The van der Waals surface area contributed by atoms with E-state index in [1.54, 1.807) is 0 Å². The highest BCUT2D eigenvalue weighted by Crippen LogP contribution is 2.31. The largest absolute Gasteiger partial charge is 0.487 e. The van der Waals surface area contributed by atoms with Crippen LogP contribution in [0.1, 0.15) is 30.6 Å². The van der Waals surface area contributed by atoms with Crippen LogP contribution in [0, 0.1) is 16.0 Å². The molecule has 1 rings (SSSR count). The second-order valence-corrected chi connectivity index (χ2v) is 4.25. The number of carboxylic acid groups (broad SMARTS) is 1. The van der Waals surface area contributed by atoms with Gasteiger partial charge in [-0.25, -0.2) is 4.79 Å². The van der Waals surface area contributed by atoms with Crippen LogP contribution in [0.25, 0.3) is 0 Å². The first-order chi connectivity index (χ1) is 8.43. The van der Waals surface area contributed by atoms with Crippen molar-refractivity contribution < 1.29 is 19.6 Å². The van der Waals surface area contributed by atoms with Crippen LogP contribution in [0.2, 0.25) is 0 Å². The molecule has 1 aromatic rings. The van der Waals surface area contributed by atoms with E-state index in [2.05, 4.69) is 0 Å². The molecule has 6 heteroatoms. The second-order valence-electron chi connectivity index (χ2n) is 4.25. The zero-order valence-corrected chi connectivity index (χ0v) is 10.3. The number of carboxylic acids is 1. The van der Waals surface area contributed by atoms with Gasteiger partial charge in [0.2, 0.25) is 0 Å². The van der Waals surface area contributed by atoms with Crippen molar-refractivity contribution in [3.05, 3.63) is 33.9 Å². The molecule has 0 spiro atoms. The molecule has 0 saturated heterocycles. The minimum absolute atomic E-state index is 0.000509. The second kappa shape index (κ2) is 6.00. The van der Waals surface area contributed by atoms with Gasteiger partial charge in [-0.3, -0.25) is 10.1 Å². The Balaban J connectivity index is 3.00. The van der Waals surface area contributed by atoms with Crippen molar-refractivity contribution in [1.82, 2.24) is 0 Å². The number of para-hydroxylation sites is 1. The predicted molar refractivity (Wildman–Crippen MR) is 65.0 cm³/mol. The summed E-state index contributed by atoms with van der Waals surface area (Å²) in [7, 11) is 0. The van der Waals surface area contributed by atoms with Crippen molar-refractivity contribution in [2.24, 2.45) is 5.92 Å². The summed E-state index contributed by atoms with van der Waals surface area (Å²) in [5.74, 6) is -0.928. The molecule has 0 fully saturated rings. The highest BCUT2D eigenvalue weighted by molar-refractivity contribution is 5.93. The number of hydrogen-bond donors (Lipinski definition) is 1.